The van der Waals surface area contributed by atoms with Gasteiger partial charge in [0.2, 0.25) is 0 Å². The van der Waals surface area contributed by atoms with Gasteiger partial charge in [-0.3, -0.25) is 14.0 Å². The lowest BCUT2D eigenvalue weighted by atomic mass is 9.90. The van der Waals surface area contributed by atoms with Crippen molar-refractivity contribution >= 4 is 22.9 Å². The molecule has 0 amide bonds. The molecule has 0 spiro atoms. The maximum atomic E-state index is 13.8. The number of rotatable bonds is 3. The molecule has 8 nitrogen and oxygen atoms in total. The van der Waals surface area contributed by atoms with Gasteiger partial charge in [0.15, 0.2) is 11.3 Å². The molecular weight excluding hydrogens is 428 g/mol. The first-order chi connectivity index (χ1) is 15.4. The van der Waals surface area contributed by atoms with E-state index in [1.165, 1.54) is 0 Å². The Morgan fingerprint density at radius 2 is 1.84 bits per heavy atom. The van der Waals surface area contributed by atoms with Crippen molar-refractivity contribution in [1.82, 2.24) is 29.3 Å². The SMILES string of the molecule is Cc1nc2nc([C@@H]3CCO[C@H](c4cnn(C)c4)C3)c(=O)n(-c3ccc(Cl)cc3)c2nc1C. The van der Waals surface area contributed by atoms with Gasteiger partial charge >= 0.3 is 0 Å². The Morgan fingerprint density at radius 3 is 2.56 bits per heavy atom. The van der Waals surface area contributed by atoms with Gasteiger partial charge < -0.3 is 4.74 Å². The molecule has 5 rings (SSSR count). The van der Waals surface area contributed by atoms with E-state index in [1.807, 2.05) is 45.4 Å². The van der Waals surface area contributed by atoms with E-state index in [0.29, 0.717) is 47.1 Å². The summed E-state index contributed by atoms with van der Waals surface area (Å²) in [6, 6.07) is 7.14. The fourth-order valence-corrected chi connectivity index (χ4v) is 4.28. The van der Waals surface area contributed by atoms with Crippen LogP contribution in [-0.2, 0) is 11.8 Å². The predicted octanol–water partition coefficient (Wildman–Crippen LogP) is 3.81. The summed E-state index contributed by atoms with van der Waals surface area (Å²) in [4.78, 5) is 27.8. The molecule has 0 unspecified atom stereocenters. The fraction of sp³-hybridized carbons (Fsp3) is 0.348. The number of aromatic nitrogens is 6. The van der Waals surface area contributed by atoms with Gasteiger partial charge in [0.05, 0.1) is 29.4 Å². The van der Waals surface area contributed by atoms with Crippen LogP contribution in [0.25, 0.3) is 17.0 Å². The van der Waals surface area contributed by atoms with E-state index in [-0.39, 0.29) is 17.6 Å². The van der Waals surface area contributed by atoms with Gasteiger partial charge in [0.25, 0.3) is 5.56 Å². The standard InChI is InChI=1S/C23H23ClN6O2/c1-13-14(2)27-22-21(26-13)28-20(23(31)30(22)18-6-4-17(24)5-7-18)15-8-9-32-19(10-15)16-11-25-29(3)12-16/h4-7,11-12,15,19H,8-10H2,1-3H3/t15-,19+/m1/s1. The van der Waals surface area contributed by atoms with E-state index in [4.69, 9.17) is 21.3 Å². The summed E-state index contributed by atoms with van der Waals surface area (Å²) in [6.45, 7) is 4.32. The van der Waals surface area contributed by atoms with Crippen LogP contribution in [0.3, 0.4) is 0 Å². The third kappa shape index (κ3) is 3.69. The van der Waals surface area contributed by atoms with E-state index in [1.54, 1.807) is 21.4 Å². The molecule has 1 saturated heterocycles. The lowest BCUT2D eigenvalue weighted by molar-refractivity contribution is 0.00440. The van der Waals surface area contributed by atoms with Crippen molar-refractivity contribution in [3.05, 3.63) is 74.7 Å². The van der Waals surface area contributed by atoms with Gasteiger partial charge in [-0.15, -0.1) is 0 Å². The van der Waals surface area contributed by atoms with Crippen LogP contribution in [0.2, 0.25) is 5.02 Å². The van der Waals surface area contributed by atoms with Crippen molar-refractivity contribution in [3.8, 4) is 5.69 Å². The van der Waals surface area contributed by atoms with Crippen LogP contribution < -0.4 is 5.56 Å². The number of hydrogen-bond donors (Lipinski definition) is 0. The second-order valence-corrected chi connectivity index (χ2v) is 8.62. The minimum atomic E-state index is -0.186. The average molecular weight is 451 g/mol. The first kappa shape index (κ1) is 20.8. The zero-order valence-corrected chi connectivity index (χ0v) is 18.9. The van der Waals surface area contributed by atoms with Crippen LogP contribution >= 0.6 is 11.6 Å². The zero-order chi connectivity index (χ0) is 22.4. The topological polar surface area (TPSA) is 87.7 Å². The second kappa shape index (κ2) is 8.11. The molecule has 1 aliphatic heterocycles. The molecule has 1 aromatic carbocycles. The molecule has 1 aliphatic rings. The zero-order valence-electron chi connectivity index (χ0n) is 18.1. The Labute approximate surface area is 189 Å². The Bertz CT molecular complexity index is 1360. The maximum Gasteiger partial charge on any atom is 0.278 e. The molecule has 4 heterocycles. The van der Waals surface area contributed by atoms with Crippen LogP contribution in [0.5, 0.6) is 0 Å². The quantitative estimate of drug-likeness (QED) is 0.471. The van der Waals surface area contributed by atoms with Crippen molar-refractivity contribution in [2.75, 3.05) is 6.61 Å². The lowest BCUT2D eigenvalue weighted by Gasteiger charge is -2.28. The smallest absolute Gasteiger partial charge is 0.278 e. The Hall–Kier alpha value is -3.10. The van der Waals surface area contributed by atoms with Crippen LogP contribution in [0.15, 0.2) is 41.5 Å². The van der Waals surface area contributed by atoms with Crippen LogP contribution in [-0.4, -0.2) is 35.9 Å². The summed E-state index contributed by atoms with van der Waals surface area (Å²) >= 11 is 6.08. The monoisotopic (exact) mass is 450 g/mol. The van der Waals surface area contributed by atoms with Crippen LogP contribution in [0.4, 0.5) is 0 Å². The molecule has 9 heteroatoms. The fourth-order valence-electron chi connectivity index (χ4n) is 4.16. The highest BCUT2D eigenvalue weighted by molar-refractivity contribution is 6.30. The molecule has 0 bridgehead atoms. The van der Waals surface area contributed by atoms with Crippen molar-refractivity contribution < 1.29 is 4.74 Å². The van der Waals surface area contributed by atoms with Crippen LogP contribution in [0, 0.1) is 13.8 Å². The molecule has 0 radical (unpaired) electrons. The highest BCUT2D eigenvalue weighted by Gasteiger charge is 2.30. The van der Waals surface area contributed by atoms with Gasteiger partial charge in [-0.05, 0) is 51.0 Å². The summed E-state index contributed by atoms with van der Waals surface area (Å²) < 4.78 is 9.34. The van der Waals surface area contributed by atoms with E-state index < -0.39 is 0 Å². The summed E-state index contributed by atoms with van der Waals surface area (Å²) in [7, 11) is 1.88. The van der Waals surface area contributed by atoms with Gasteiger partial charge in [0.1, 0.15) is 5.69 Å². The number of aryl methyl sites for hydroxylation is 3. The maximum absolute atomic E-state index is 13.8. The first-order valence-corrected chi connectivity index (χ1v) is 10.9. The normalized spacial score (nSPS) is 18.9. The Kier molecular flexibility index (Phi) is 5.27. The Morgan fingerprint density at radius 1 is 1.09 bits per heavy atom. The van der Waals surface area contributed by atoms with E-state index >= 15 is 0 Å². The number of hydrogen-bond acceptors (Lipinski definition) is 6. The molecule has 164 valence electrons. The van der Waals surface area contributed by atoms with Gasteiger partial charge in [-0.2, -0.15) is 5.10 Å². The van der Waals surface area contributed by atoms with E-state index in [9.17, 15) is 4.79 Å². The van der Waals surface area contributed by atoms with Gasteiger partial charge in [-0.25, -0.2) is 15.0 Å². The van der Waals surface area contributed by atoms with E-state index in [0.717, 1.165) is 17.0 Å². The molecule has 4 aromatic rings. The van der Waals surface area contributed by atoms with Crippen molar-refractivity contribution in [2.45, 2.75) is 38.7 Å². The average Bonchev–Trinajstić information content (AvgIpc) is 3.22. The third-order valence-corrected chi connectivity index (χ3v) is 6.24. The Balaban J connectivity index is 1.66. The molecule has 1 fully saturated rings. The highest BCUT2D eigenvalue weighted by Crippen LogP contribution is 2.36. The summed E-state index contributed by atoms with van der Waals surface area (Å²) in [6.07, 6.45) is 4.99. The largest absolute Gasteiger partial charge is 0.373 e. The molecule has 0 saturated carbocycles. The summed E-state index contributed by atoms with van der Waals surface area (Å²) in [5.74, 6) is -0.0622. The van der Waals surface area contributed by atoms with Crippen molar-refractivity contribution in [2.24, 2.45) is 7.05 Å². The molecule has 3 aromatic heterocycles. The number of nitrogens with zero attached hydrogens (tertiary/aromatic N) is 6. The molecular formula is C23H23ClN6O2. The number of halogens is 1. The third-order valence-electron chi connectivity index (χ3n) is 5.98. The van der Waals surface area contributed by atoms with Gasteiger partial charge in [0, 0.05) is 36.4 Å². The van der Waals surface area contributed by atoms with E-state index in [2.05, 4.69) is 15.1 Å². The predicted molar refractivity (Wildman–Crippen MR) is 121 cm³/mol. The summed E-state index contributed by atoms with van der Waals surface area (Å²) in [5, 5.41) is 4.85. The van der Waals surface area contributed by atoms with Crippen molar-refractivity contribution in [3.63, 3.8) is 0 Å². The molecule has 0 N–H and O–H groups in total. The minimum Gasteiger partial charge on any atom is -0.373 e. The second-order valence-electron chi connectivity index (χ2n) is 8.18. The van der Waals surface area contributed by atoms with Crippen LogP contribution in [0.1, 0.15) is 47.5 Å². The summed E-state index contributed by atoms with van der Waals surface area (Å²) in [5.41, 5.74) is 4.44. The molecule has 2 atom stereocenters. The highest BCUT2D eigenvalue weighted by atomic mass is 35.5. The van der Waals surface area contributed by atoms with Crippen molar-refractivity contribution in [1.29, 1.82) is 0 Å². The minimum absolute atomic E-state index is 0.0622. The number of fused-ring (bicyclic) bond motifs is 1. The number of ether oxygens (including phenoxy) is 1. The number of benzene rings is 1. The first-order valence-electron chi connectivity index (χ1n) is 10.5. The van der Waals surface area contributed by atoms with Gasteiger partial charge in [-0.1, -0.05) is 11.6 Å². The molecule has 0 aliphatic carbocycles. The lowest BCUT2D eigenvalue weighted by Crippen LogP contribution is -2.30. The molecule has 32 heavy (non-hydrogen) atoms.